The van der Waals surface area contributed by atoms with Crippen LogP contribution >= 0.6 is 0 Å². The van der Waals surface area contributed by atoms with Crippen molar-refractivity contribution in [3.8, 4) is 0 Å². The molecule has 0 aromatic carbocycles. The smallest absolute Gasteiger partial charge is 0.337 e. The molecule has 0 radical (unpaired) electrons. The first-order chi connectivity index (χ1) is 7.53. The lowest BCUT2D eigenvalue weighted by Crippen LogP contribution is -2.30. The molecular weight excluding hydrogens is 212 g/mol. The van der Waals surface area contributed by atoms with E-state index in [2.05, 4.69) is 4.74 Å². The van der Waals surface area contributed by atoms with Crippen molar-refractivity contribution < 1.29 is 23.8 Å². The fourth-order valence-electron chi connectivity index (χ4n) is 2.44. The Bertz CT molecular complexity index is 384. The molecule has 2 unspecified atom stereocenters. The van der Waals surface area contributed by atoms with Crippen LogP contribution in [0.15, 0.2) is 11.1 Å². The monoisotopic (exact) mass is 226 g/mol. The van der Waals surface area contributed by atoms with Crippen LogP contribution in [0.3, 0.4) is 0 Å². The molecule has 2 bridgehead atoms. The van der Waals surface area contributed by atoms with E-state index < -0.39 is 17.5 Å². The lowest BCUT2D eigenvalue weighted by atomic mass is 9.83. The summed E-state index contributed by atoms with van der Waals surface area (Å²) in [5.41, 5.74) is -0.0532. The van der Waals surface area contributed by atoms with Crippen molar-refractivity contribution >= 4 is 11.9 Å². The first-order valence-electron chi connectivity index (χ1n) is 5.12. The number of methoxy groups -OCH3 is 2. The van der Waals surface area contributed by atoms with Gasteiger partial charge in [0.1, 0.15) is 0 Å². The van der Waals surface area contributed by atoms with Gasteiger partial charge in [-0.05, 0) is 19.8 Å². The first-order valence-corrected chi connectivity index (χ1v) is 5.12. The highest BCUT2D eigenvalue weighted by Crippen LogP contribution is 2.48. The molecule has 88 valence electrons. The maximum Gasteiger partial charge on any atom is 0.337 e. The summed E-state index contributed by atoms with van der Waals surface area (Å²) in [6.45, 7) is 1.80. The van der Waals surface area contributed by atoms with E-state index in [0.29, 0.717) is 11.1 Å². The predicted molar refractivity (Wildman–Crippen MR) is 53.6 cm³/mol. The summed E-state index contributed by atoms with van der Waals surface area (Å²) >= 11 is 0. The van der Waals surface area contributed by atoms with Gasteiger partial charge in [0.25, 0.3) is 0 Å². The highest BCUT2D eigenvalue weighted by Gasteiger charge is 2.54. The molecule has 1 saturated heterocycles. The molecule has 16 heavy (non-hydrogen) atoms. The van der Waals surface area contributed by atoms with Crippen LogP contribution in [0.1, 0.15) is 19.8 Å². The number of esters is 2. The maximum absolute atomic E-state index is 11.7. The van der Waals surface area contributed by atoms with Crippen molar-refractivity contribution in [2.45, 2.75) is 31.5 Å². The molecule has 0 spiro atoms. The van der Waals surface area contributed by atoms with E-state index in [-0.39, 0.29) is 6.10 Å². The lowest BCUT2D eigenvalue weighted by molar-refractivity contribution is -0.139. The minimum Gasteiger partial charge on any atom is -0.466 e. The zero-order chi connectivity index (χ0) is 11.9. The van der Waals surface area contributed by atoms with Crippen molar-refractivity contribution in [1.29, 1.82) is 0 Å². The van der Waals surface area contributed by atoms with Gasteiger partial charge in [-0.1, -0.05) is 0 Å². The van der Waals surface area contributed by atoms with Gasteiger partial charge < -0.3 is 14.2 Å². The maximum atomic E-state index is 11.7. The van der Waals surface area contributed by atoms with E-state index in [0.717, 1.165) is 12.8 Å². The molecule has 5 heteroatoms. The Morgan fingerprint density at radius 2 is 1.94 bits per heavy atom. The highest BCUT2D eigenvalue weighted by molar-refractivity contribution is 6.03. The van der Waals surface area contributed by atoms with Gasteiger partial charge in [0.15, 0.2) is 0 Å². The quantitative estimate of drug-likeness (QED) is 0.644. The summed E-state index contributed by atoms with van der Waals surface area (Å²) in [7, 11) is 2.58. The van der Waals surface area contributed by atoms with Crippen LogP contribution in [0, 0.1) is 0 Å². The molecule has 2 rings (SSSR count). The van der Waals surface area contributed by atoms with Crippen LogP contribution < -0.4 is 0 Å². The van der Waals surface area contributed by atoms with E-state index in [4.69, 9.17) is 9.47 Å². The third-order valence-electron chi connectivity index (χ3n) is 3.20. The van der Waals surface area contributed by atoms with Gasteiger partial charge in [0.05, 0.1) is 37.1 Å². The van der Waals surface area contributed by atoms with Gasteiger partial charge in [-0.15, -0.1) is 0 Å². The number of hydrogen-bond acceptors (Lipinski definition) is 5. The second kappa shape index (κ2) is 3.59. The SMILES string of the molecule is COC(=O)C1=C(C(=O)OC)C2(C)CCC1O2. The van der Waals surface area contributed by atoms with Crippen molar-refractivity contribution in [2.24, 2.45) is 0 Å². The largest absolute Gasteiger partial charge is 0.466 e. The van der Waals surface area contributed by atoms with Gasteiger partial charge in [-0.2, -0.15) is 0 Å². The summed E-state index contributed by atoms with van der Waals surface area (Å²) in [6.07, 6.45) is 1.14. The molecular formula is C11H14O5. The van der Waals surface area contributed by atoms with Gasteiger partial charge in [0.2, 0.25) is 0 Å². The summed E-state index contributed by atoms with van der Waals surface area (Å²) in [5, 5.41) is 0. The van der Waals surface area contributed by atoms with Crippen molar-refractivity contribution in [1.82, 2.24) is 0 Å². The van der Waals surface area contributed by atoms with Crippen LogP contribution in [-0.2, 0) is 23.8 Å². The van der Waals surface area contributed by atoms with E-state index in [1.807, 2.05) is 0 Å². The van der Waals surface area contributed by atoms with E-state index in [9.17, 15) is 9.59 Å². The summed E-state index contributed by atoms with van der Waals surface area (Å²) in [5.74, 6) is -1.01. The standard InChI is InChI=1S/C11H14O5/c1-11-5-4-6(16-11)7(9(12)14-2)8(11)10(13)15-3/h6H,4-5H2,1-3H3. The topological polar surface area (TPSA) is 61.8 Å². The lowest BCUT2D eigenvalue weighted by Gasteiger charge is -2.22. The Labute approximate surface area is 93.4 Å². The van der Waals surface area contributed by atoms with Crippen LogP contribution in [-0.4, -0.2) is 37.9 Å². The third kappa shape index (κ3) is 1.35. The summed E-state index contributed by atoms with van der Waals surface area (Å²) < 4.78 is 15.0. The Morgan fingerprint density at radius 3 is 2.50 bits per heavy atom. The summed E-state index contributed by atoms with van der Waals surface area (Å²) in [4.78, 5) is 23.3. The Kier molecular flexibility index (Phi) is 2.50. The molecule has 0 aliphatic carbocycles. The first kappa shape index (κ1) is 11.1. The predicted octanol–water partition coefficient (Wildman–Crippen LogP) is 0.580. The Morgan fingerprint density at radius 1 is 1.31 bits per heavy atom. The number of fused-ring (bicyclic) bond motifs is 2. The van der Waals surface area contributed by atoms with Gasteiger partial charge >= 0.3 is 11.9 Å². The molecule has 0 saturated carbocycles. The molecule has 0 N–H and O–H groups in total. The van der Waals surface area contributed by atoms with E-state index >= 15 is 0 Å². The van der Waals surface area contributed by atoms with Crippen LogP contribution in [0.5, 0.6) is 0 Å². The minimum absolute atomic E-state index is 0.318. The molecule has 2 aliphatic heterocycles. The van der Waals surface area contributed by atoms with Crippen molar-refractivity contribution in [3.63, 3.8) is 0 Å². The molecule has 0 aromatic heterocycles. The molecule has 0 amide bonds. The summed E-state index contributed by atoms with van der Waals surface area (Å²) in [6, 6.07) is 0. The fraction of sp³-hybridized carbons (Fsp3) is 0.636. The molecule has 5 nitrogen and oxygen atoms in total. The number of rotatable bonds is 2. The van der Waals surface area contributed by atoms with Crippen LogP contribution in [0.2, 0.25) is 0 Å². The molecule has 2 heterocycles. The molecule has 1 fully saturated rings. The number of carbonyl (C=O) groups is 2. The Balaban J connectivity index is 2.49. The van der Waals surface area contributed by atoms with Crippen LogP contribution in [0.25, 0.3) is 0 Å². The Hall–Kier alpha value is -1.36. The second-order valence-corrected chi connectivity index (χ2v) is 4.15. The van der Waals surface area contributed by atoms with Crippen molar-refractivity contribution in [2.75, 3.05) is 14.2 Å². The zero-order valence-corrected chi connectivity index (χ0v) is 9.53. The fourth-order valence-corrected chi connectivity index (χ4v) is 2.44. The zero-order valence-electron chi connectivity index (χ0n) is 9.53. The van der Waals surface area contributed by atoms with Gasteiger partial charge in [-0.25, -0.2) is 9.59 Å². The highest BCUT2D eigenvalue weighted by atomic mass is 16.6. The van der Waals surface area contributed by atoms with Crippen molar-refractivity contribution in [3.05, 3.63) is 11.1 Å². The normalized spacial score (nSPS) is 31.8. The number of hydrogen-bond donors (Lipinski definition) is 0. The third-order valence-corrected chi connectivity index (χ3v) is 3.20. The van der Waals surface area contributed by atoms with E-state index in [1.165, 1.54) is 14.2 Å². The van der Waals surface area contributed by atoms with Gasteiger partial charge in [0, 0.05) is 0 Å². The average molecular weight is 226 g/mol. The molecule has 2 aliphatic rings. The average Bonchev–Trinajstić information content (AvgIpc) is 2.79. The number of ether oxygens (including phenoxy) is 3. The molecule has 2 atom stereocenters. The van der Waals surface area contributed by atoms with Crippen LogP contribution in [0.4, 0.5) is 0 Å². The van der Waals surface area contributed by atoms with E-state index in [1.54, 1.807) is 6.92 Å². The second-order valence-electron chi connectivity index (χ2n) is 4.15. The van der Waals surface area contributed by atoms with Gasteiger partial charge in [-0.3, -0.25) is 0 Å². The minimum atomic E-state index is -0.693. The molecule has 0 aromatic rings. The number of carbonyl (C=O) groups excluding carboxylic acids is 2.